The molecule has 0 saturated carbocycles. The van der Waals surface area contributed by atoms with E-state index in [0.29, 0.717) is 24.2 Å². The Balaban J connectivity index is 1.47. The van der Waals surface area contributed by atoms with Crippen LogP contribution in [-0.4, -0.2) is 47.7 Å². The quantitative estimate of drug-likeness (QED) is 0.721. The van der Waals surface area contributed by atoms with Gasteiger partial charge in [-0.2, -0.15) is 0 Å². The van der Waals surface area contributed by atoms with Crippen LogP contribution in [0.25, 0.3) is 0 Å². The van der Waals surface area contributed by atoms with E-state index < -0.39 is 23.8 Å². The summed E-state index contributed by atoms with van der Waals surface area (Å²) in [5, 5.41) is 2.23. The van der Waals surface area contributed by atoms with Gasteiger partial charge in [0.05, 0.1) is 11.1 Å². The highest BCUT2D eigenvalue weighted by molar-refractivity contribution is 6.24. The molecular weight excluding hydrogens is 396 g/mol. The predicted octanol–water partition coefficient (Wildman–Crippen LogP) is 1.15. The van der Waals surface area contributed by atoms with Gasteiger partial charge in [0.15, 0.2) is 0 Å². The molecule has 2 aromatic carbocycles. The largest absolute Gasteiger partial charge is 0.366 e. The van der Waals surface area contributed by atoms with Crippen LogP contribution in [0.2, 0.25) is 0 Å². The molecule has 8 nitrogen and oxygen atoms in total. The number of nitrogens with two attached hydrogens (primary N) is 1. The summed E-state index contributed by atoms with van der Waals surface area (Å²) in [6.45, 7) is 1.72. The number of piperidine rings is 1. The van der Waals surface area contributed by atoms with Crippen LogP contribution in [0.1, 0.15) is 50.6 Å². The van der Waals surface area contributed by atoms with E-state index in [1.165, 1.54) is 5.56 Å². The van der Waals surface area contributed by atoms with Gasteiger partial charge in [-0.3, -0.25) is 29.4 Å². The molecule has 5 rings (SSSR count). The van der Waals surface area contributed by atoms with Gasteiger partial charge in [-0.05, 0) is 29.7 Å². The van der Waals surface area contributed by atoms with E-state index in [-0.39, 0.29) is 24.7 Å². The molecule has 31 heavy (non-hydrogen) atoms. The van der Waals surface area contributed by atoms with E-state index in [1.54, 1.807) is 12.1 Å². The van der Waals surface area contributed by atoms with Gasteiger partial charge in [-0.1, -0.05) is 30.3 Å². The lowest BCUT2D eigenvalue weighted by Gasteiger charge is -2.28. The molecule has 0 spiro atoms. The maximum atomic E-state index is 13.3. The molecule has 3 aliphatic heterocycles. The summed E-state index contributed by atoms with van der Waals surface area (Å²) in [7, 11) is 0. The number of anilines is 1. The van der Waals surface area contributed by atoms with Crippen molar-refractivity contribution in [2.24, 2.45) is 5.73 Å². The third-order valence-electron chi connectivity index (χ3n) is 6.36. The lowest BCUT2D eigenvalue weighted by atomic mass is 10.0. The fourth-order valence-corrected chi connectivity index (χ4v) is 4.86. The normalized spacial score (nSPS) is 22.6. The number of carbonyl (C=O) groups is 4. The molecule has 1 saturated heterocycles. The highest BCUT2D eigenvalue weighted by atomic mass is 16.2. The molecule has 1 fully saturated rings. The average molecular weight is 418 g/mol. The highest BCUT2D eigenvalue weighted by Crippen LogP contribution is 2.38. The van der Waals surface area contributed by atoms with Crippen molar-refractivity contribution in [3.05, 3.63) is 64.7 Å². The third kappa shape index (κ3) is 3.02. The van der Waals surface area contributed by atoms with Gasteiger partial charge in [0, 0.05) is 37.7 Å². The second-order valence-electron chi connectivity index (χ2n) is 8.16. The summed E-state index contributed by atoms with van der Waals surface area (Å²) in [6, 6.07) is 12.3. The molecule has 0 radical (unpaired) electrons. The van der Waals surface area contributed by atoms with Crippen LogP contribution in [0.5, 0.6) is 0 Å². The third-order valence-corrected chi connectivity index (χ3v) is 6.36. The van der Waals surface area contributed by atoms with Crippen molar-refractivity contribution in [2.75, 3.05) is 18.0 Å². The average Bonchev–Trinajstić information content (AvgIpc) is 3.24. The monoisotopic (exact) mass is 418 g/mol. The standard InChI is InChI=1S/C23H22N4O4/c24-10-14-12-26(17-7-2-1-5-15(14)17)11-13-4-3-6-16-20(13)23(31)27(22(16)30)18-8-9-19(28)25-21(18)29/h1-7,14,18H,8-12,24H2,(H,25,28,29). The Labute approximate surface area is 179 Å². The first-order valence-electron chi connectivity index (χ1n) is 10.4. The summed E-state index contributed by atoms with van der Waals surface area (Å²) < 4.78 is 0. The van der Waals surface area contributed by atoms with Crippen molar-refractivity contribution in [3.63, 3.8) is 0 Å². The lowest BCUT2D eigenvalue weighted by Crippen LogP contribution is -2.54. The minimum Gasteiger partial charge on any atom is -0.366 e. The number of rotatable bonds is 4. The predicted molar refractivity (Wildman–Crippen MR) is 112 cm³/mol. The van der Waals surface area contributed by atoms with E-state index in [2.05, 4.69) is 16.3 Å². The van der Waals surface area contributed by atoms with Gasteiger partial charge in [-0.25, -0.2) is 0 Å². The van der Waals surface area contributed by atoms with Gasteiger partial charge in [0.25, 0.3) is 11.8 Å². The van der Waals surface area contributed by atoms with Gasteiger partial charge < -0.3 is 10.6 Å². The first-order valence-corrected chi connectivity index (χ1v) is 10.4. The molecule has 2 unspecified atom stereocenters. The molecule has 0 bridgehead atoms. The number of carbonyl (C=O) groups excluding carboxylic acids is 4. The maximum Gasteiger partial charge on any atom is 0.262 e. The van der Waals surface area contributed by atoms with Crippen LogP contribution in [0.4, 0.5) is 5.69 Å². The second-order valence-corrected chi connectivity index (χ2v) is 8.16. The maximum absolute atomic E-state index is 13.3. The van der Waals surface area contributed by atoms with Gasteiger partial charge >= 0.3 is 0 Å². The zero-order valence-electron chi connectivity index (χ0n) is 16.8. The molecule has 3 heterocycles. The van der Waals surface area contributed by atoms with Crippen LogP contribution < -0.4 is 16.0 Å². The number of benzene rings is 2. The number of hydrogen-bond donors (Lipinski definition) is 2. The Morgan fingerprint density at radius 1 is 1.00 bits per heavy atom. The van der Waals surface area contributed by atoms with E-state index in [1.807, 2.05) is 24.3 Å². The SMILES string of the molecule is NCC1CN(Cc2cccc3c2C(=O)N(C2CCC(=O)NC2=O)C3=O)c2ccccc21. The summed E-state index contributed by atoms with van der Waals surface area (Å²) >= 11 is 0. The van der Waals surface area contributed by atoms with Crippen molar-refractivity contribution in [3.8, 4) is 0 Å². The molecular formula is C23H22N4O4. The Bertz CT molecular complexity index is 1130. The Kier molecular flexibility index (Phi) is 4.59. The molecule has 8 heteroatoms. The van der Waals surface area contributed by atoms with Crippen LogP contribution in [-0.2, 0) is 16.1 Å². The number of fused-ring (bicyclic) bond motifs is 2. The van der Waals surface area contributed by atoms with Crippen molar-refractivity contribution < 1.29 is 19.2 Å². The molecule has 0 aromatic heterocycles. The number of nitrogens with one attached hydrogen (secondary N) is 1. The van der Waals surface area contributed by atoms with E-state index in [9.17, 15) is 19.2 Å². The fourth-order valence-electron chi connectivity index (χ4n) is 4.86. The summed E-state index contributed by atoms with van der Waals surface area (Å²) in [6.07, 6.45) is 0.241. The molecule has 3 N–H and O–H groups in total. The molecule has 158 valence electrons. The number of imide groups is 2. The molecule has 0 aliphatic carbocycles. The zero-order chi connectivity index (χ0) is 21.7. The molecule has 4 amide bonds. The summed E-state index contributed by atoms with van der Waals surface area (Å²) in [5.74, 6) is -1.75. The highest BCUT2D eigenvalue weighted by Gasteiger charge is 2.45. The van der Waals surface area contributed by atoms with Crippen molar-refractivity contribution in [2.45, 2.75) is 31.3 Å². The smallest absolute Gasteiger partial charge is 0.262 e. The topological polar surface area (TPSA) is 113 Å². The van der Waals surface area contributed by atoms with Gasteiger partial charge in [0.1, 0.15) is 6.04 Å². The summed E-state index contributed by atoms with van der Waals surface area (Å²) in [4.78, 5) is 53.3. The van der Waals surface area contributed by atoms with Crippen LogP contribution in [0.3, 0.4) is 0 Å². The Morgan fingerprint density at radius 3 is 2.58 bits per heavy atom. The lowest BCUT2D eigenvalue weighted by molar-refractivity contribution is -0.136. The van der Waals surface area contributed by atoms with Crippen LogP contribution >= 0.6 is 0 Å². The second kappa shape index (κ2) is 7.31. The van der Waals surface area contributed by atoms with Crippen molar-refractivity contribution in [1.82, 2.24) is 10.2 Å². The fraction of sp³-hybridized carbons (Fsp3) is 0.304. The molecule has 2 aromatic rings. The summed E-state index contributed by atoms with van der Waals surface area (Å²) in [5.41, 5.74) is 9.60. The van der Waals surface area contributed by atoms with Crippen molar-refractivity contribution >= 4 is 29.3 Å². The van der Waals surface area contributed by atoms with Crippen LogP contribution in [0, 0.1) is 0 Å². The number of nitrogens with zero attached hydrogens (tertiary/aromatic N) is 2. The minimum absolute atomic E-state index is 0.0989. The van der Waals surface area contributed by atoms with E-state index in [0.717, 1.165) is 22.7 Å². The van der Waals surface area contributed by atoms with E-state index in [4.69, 9.17) is 5.73 Å². The Hall–Kier alpha value is -3.52. The van der Waals surface area contributed by atoms with Crippen LogP contribution in [0.15, 0.2) is 42.5 Å². The first kappa shape index (κ1) is 19.4. The van der Waals surface area contributed by atoms with Gasteiger partial charge in [-0.15, -0.1) is 0 Å². The molecule has 3 aliphatic rings. The van der Waals surface area contributed by atoms with Gasteiger partial charge in [0.2, 0.25) is 11.8 Å². The number of amides is 4. The van der Waals surface area contributed by atoms with Crippen molar-refractivity contribution in [1.29, 1.82) is 0 Å². The number of hydrogen-bond acceptors (Lipinski definition) is 6. The first-order chi connectivity index (χ1) is 15.0. The zero-order valence-corrected chi connectivity index (χ0v) is 16.8. The minimum atomic E-state index is -0.966. The number of para-hydroxylation sites is 1. The van der Waals surface area contributed by atoms with E-state index >= 15 is 0 Å². The molecule has 2 atom stereocenters. The Morgan fingerprint density at radius 2 is 1.81 bits per heavy atom.